The topological polar surface area (TPSA) is 89.5 Å². The molecule has 1 N–H and O–H groups in total. The number of sulfone groups is 1. The van der Waals surface area contributed by atoms with Crippen LogP contribution in [0.1, 0.15) is 28.8 Å². The molecule has 1 aliphatic carbocycles. The number of hydrogen-bond donors (Lipinski definition) is 1. The Balaban J connectivity index is 1.57. The molecule has 22 heavy (non-hydrogen) atoms. The summed E-state index contributed by atoms with van der Waals surface area (Å²) in [6, 6.07) is 4.91. The quantitative estimate of drug-likeness (QED) is 0.871. The van der Waals surface area contributed by atoms with Gasteiger partial charge in [-0.3, -0.25) is 9.59 Å². The lowest BCUT2D eigenvalue weighted by Crippen LogP contribution is -2.38. The summed E-state index contributed by atoms with van der Waals surface area (Å²) in [5, 5.41) is 2.67. The Morgan fingerprint density at radius 3 is 2.86 bits per heavy atom. The number of rotatable bonds is 4. The van der Waals surface area contributed by atoms with Crippen LogP contribution in [0.2, 0.25) is 0 Å². The zero-order valence-electron chi connectivity index (χ0n) is 12.0. The highest BCUT2D eigenvalue weighted by molar-refractivity contribution is 7.91. The average molecular weight is 323 g/mol. The van der Waals surface area contributed by atoms with E-state index in [4.69, 9.17) is 4.74 Å². The molecule has 0 radical (unpaired) electrons. The van der Waals surface area contributed by atoms with Gasteiger partial charge in [0.25, 0.3) is 5.91 Å². The maximum Gasteiger partial charge on any atom is 0.258 e. The van der Waals surface area contributed by atoms with E-state index in [2.05, 4.69) is 5.32 Å². The molecule has 1 aliphatic heterocycles. The Morgan fingerprint density at radius 2 is 2.14 bits per heavy atom. The summed E-state index contributed by atoms with van der Waals surface area (Å²) in [6.45, 7) is -0.179. The molecule has 1 saturated heterocycles. The summed E-state index contributed by atoms with van der Waals surface area (Å²) in [4.78, 5) is 23.5. The normalized spacial score (nSPS) is 22.4. The summed E-state index contributed by atoms with van der Waals surface area (Å²) in [6.07, 6.45) is 1.55. The summed E-state index contributed by atoms with van der Waals surface area (Å²) in [7, 11) is -3.02. The number of ketones is 1. The van der Waals surface area contributed by atoms with Crippen molar-refractivity contribution in [2.75, 3.05) is 18.1 Å². The van der Waals surface area contributed by atoms with Crippen molar-refractivity contribution in [2.45, 2.75) is 25.3 Å². The fourth-order valence-electron chi connectivity index (χ4n) is 2.91. The summed E-state index contributed by atoms with van der Waals surface area (Å²) < 4.78 is 28.2. The van der Waals surface area contributed by atoms with Crippen LogP contribution < -0.4 is 10.1 Å². The molecule has 7 heteroatoms. The molecular formula is C15H17NO5S. The number of carbonyl (C=O) groups excluding carboxylic acids is 2. The smallest absolute Gasteiger partial charge is 0.258 e. The van der Waals surface area contributed by atoms with Crippen molar-refractivity contribution in [1.82, 2.24) is 5.32 Å². The Kier molecular flexibility index (Phi) is 3.90. The summed E-state index contributed by atoms with van der Waals surface area (Å²) in [5.74, 6) is 0.420. The van der Waals surface area contributed by atoms with E-state index in [1.54, 1.807) is 18.2 Å². The van der Waals surface area contributed by atoms with Crippen LogP contribution in [0.15, 0.2) is 18.2 Å². The molecule has 1 aromatic carbocycles. The van der Waals surface area contributed by atoms with E-state index in [0.29, 0.717) is 30.6 Å². The molecule has 118 valence electrons. The first-order valence-electron chi connectivity index (χ1n) is 7.22. The first-order valence-corrected chi connectivity index (χ1v) is 9.04. The van der Waals surface area contributed by atoms with Gasteiger partial charge in [-0.05, 0) is 18.9 Å². The van der Waals surface area contributed by atoms with Crippen LogP contribution in [-0.2, 0) is 21.1 Å². The molecule has 2 aliphatic rings. The highest BCUT2D eigenvalue weighted by Crippen LogP contribution is 2.30. The van der Waals surface area contributed by atoms with E-state index in [-0.39, 0.29) is 35.8 Å². The zero-order valence-corrected chi connectivity index (χ0v) is 12.8. The van der Waals surface area contributed by atoms with Gasteiger partial charge in [-0.2, -0.15) is 0 Å². The highest BCUT2D eigenvalue weighted by atomic mass is 32.2. The molecule has 1 fully saturated rings. The monoisotopic (exact) mass is 323 g/mol. The predicted octanol–water partition coefficient (Wildman–Crippen LogP) is 0.498. The van der Waals surface area contributed by atoms with Crippen LogP contribution in [0.3, 0.4) is 0 Å². The first kappa shape index (κ1) is 15.0. The number of benzene rings is 1. The van der Waals surface area contributed by atoms with E-state index < -0.39 is 9.84 Å². The van der Waals surface area contributed by atoms with Crippen LogP contribution in [0.25, 0.3) is 0 Å². The number of nitrogens with one attached hydrogen (secondary N) is 1. The molecule has 0 bridgehead atoms. The average Bonchev–Trinajstić information content (AvgIpc) is 3.00. The van der Waals surface area contributed by atoms with Crippen molar-refractivity contribution in [3.05, 3.63) is 29.3 Å². The molecule has 0 aromatic heterocycles. The molecule has 3 rings (SSSR count). The van der Waals surface area contributed by atoms with E-state index in [9.17, 15) is 18.0 Å². The van der Waals surface area contributed by atoms with E-state index in [1.165, 1.54) is 0 Å². The van der Waals surface area contributed by atoms with Gasteiger partial charge < -0.3 is 10.1 Å². The third kappa shape index (κ3) is 3.14. The van der Waals surface area contributed by atoms with Gasteiger partial charge in [-0.25, -0.2) is 8.42 Å². The van der Waals surface area contributed by atoms with Crippen molar-refractivity contribution in [2.24, 2.45) is 0 Å². The van der Waals surface area contributed by atoms with Crippen molar-refractivity contribution < 1.29 is 22.7 Å². The lowest BCUT2D eigenvalue weighted by atomic mass is 10.1. The SMILES string of the molecule is O=C(COc1cccc2c1CCC2=O)N[C@@H]1CCS(=O)(=O)C1. The Bertz CT molecular complexity index is 725. The minimum absolute atomic E-state index is 0.00598. The minimum Gasteiger partial charge on any atom is -0.483 e. The maximum atomic E-state index is 11.9. The van der Waals surface area contributed by atoms with E-state index in [1.807, 2.05) is 0 Å². The Labute approximate surface area is 128 Å². The van der Waals surface area contributed by atoms with Crippen LogP contribution in [0.4, 0.5) is 0 Å². The molecule has 1 aromatic rings. The second kappa shape index (κ2) is 5.72. The largest absolute Gasteiger partial charge is 0.483 e. The molecule has 0 spiro atoms. The minimum atomic E-state index is -3.02. The first-order chi connectivity index (χ1) is 10.4. The van der Waals surface area contributed by atoms with Crippen LogP contribution in [0, 0.1) is 0 Å². The van der Waals surface area contributed by atoms with Gasteiger partial charge in [0, 0.05) is 23.6 Å². The number of Topliss-reactive ketones (excluding diaryl/α,β-unsaturated/α-hetero) is 1. The van der Waals surface area contributed by atoms with Gasteiger partial charge in [0.1, 0.15) is 5.75 Å². The number of hydrogen-bond acceptors (Lipinski definition) is 5. The second-order valence-electron chi connectivity index (χ2n) is 5.66. The van der Waals surface area contributed by atoms with Crippen molar-refractivity contribution in [1.29, 1.82) is 0 Å². The van der Waals surface area contributed by atoms with Gasteiger partial charge in [0.15, 0.2) is 22.2 Å². The van der Waals surface area contributed by atoms with Gasteiger partial charge in [-0.1, -0.05) is 12.1 Å². The van der Waals surface area contributed by atoms with E-state index >= 15 is 0 Å². The van der Waals surface area contributed by atoms with Crippen LogP contribution in [-0.4, -0.2) is 44.3 Å². The van der Waals surface area contributed by atoms with Crippen molar-refractivity contribution in [3.63, 3.8) is 0 Å². The van der Waals surface area contributed by atoms with Crippen LogP contribution >= 0.6 is 0 Å². The molecule has 1 amide bonds. The number of amides is 1. The Morgan fingerprint density at radius 1 is 1.32 bits per heavy atom. The molecule has 1 atom stereocenters. The van der Waals surface area contributed by atoms with Crippen LogP contribution in [0.5, 0.6) is 5.75 Å². The van der Waals surface area contributed by atoms with Crippen molar-refractivity contribution in [3.8, 4) is 5.75 Å². The molecular weight excluding hydrogens is 306 g/mol. The van der Waals surface area contributed by atoms with Crippen molar-refractivity contribution >= 4 is 21.5 Å². The lowest BCUT2D eigenvalue weighted by Gasteiger charge is -2.13. The van der Waals surface area contributed by atoms with Gasteiger partial charge in [0.2, 0.25) is 0 Å². The lowest BCUT2D eigenvalue weighted by molar-refractivity contribution is -0.123. The van der Waals surface area contributed by atoms with E-state index in [0.717, 1.165) is 5.56 Å². The summed E-state index contributed by atoms with van der Waals surface area (Å²) in [5.41, 5.74) is 1.52. The summed E-state index contributed by atoms with van der Waals surface area (Å²) >= 11 is 0. The maximum absolute atomic E-state index is 11.9. The zero-order chi connectivity index (χ0) is 15.7. The fourth-order valence-corrected chi connectivity index (χ4v) is 4.59. The number of carbonyl (C=O) groups is 2. The van der Waals surface area contributed by atoms with Gasteiger partial charge in [0.05, 0.1) is 11.5 Å². The number of ether oxygens (including phenoxy) is 1. The highest BCUT2D eigenvalue weighted by Gasteiger charge is 2.29. The van der Waals surface area contributed by atoms with Gasteiger partial charge >= 0.3 is 0 Å². The molecule has 0 unspecified atom stereocenters. The standard InChI is InChI=1S/C15H17NO5S/c17-13-5-4-12-11(13)2-1-3-14(12)21-8-15(18)16-10-6-7-22(19,20)9-10/h1-3,10H,4-9H2,(H,16,18)/t10-/m1/s1. The number of fused-ring (bicyclic) bond motifs is 1. The second-order valence-corrected chi connectivity index (χ2v) is 7.89. The molecule has 1 heterocycles. The molecule has 0 saturated carbocycles. The fraction of sp³-hybridized carbons (Fsp3) is 0.467. The predicted molar refractivity (Wildman–Crippen MR) is 79.8 cm³/mol. The third-order valence-electron chi connectivity index (χ3n) is 3.99. The third-order valence-corrected chi connectivity index (χ3v) is 5.76. The molecule has 6 nitrogen and oxygen atoms in total. The van der Waals surface area contributed by atoms with Gasteiger partial charge in [-0.15, -0.1) is 0 Å². The Hall–Kier alpha value is -1.89.